The molecule has 0 aromatic heterocycles. The zero-order valence-electron chi connectivity index (χ0n) is 29.9. The highest BCUT2D eigenvalue weighted by Crippen LogP contribution is 2.16. The lowest BCUT2D eigenvalue weighted by atomic mass is 10.0. The van der Waals surface area contributed by atoms with E-state index in [4.69, 9.17) is 9.84 Å². The van der Waals surface area contributed by atoms with Crippen LogP contribution in [0.4, 0.5) is 0 Å². The number of carbonyl (C=O) groups is 2. The molecule has 0 aromatic carbocycles. The number of hydrogen-bond donors (Lipinski definition) is 1. The Morgan fingerprint density at radius 3 is 1.40 bits per heavy atom. The summed E-state index contributed by atoms with van der Waals surface area (Å²) in [5.41, 5.74) is 0. The van der Waals surface area contributed by atoms with Crippen LogP contribution in [0, 0.1) is 0 Å². The topological polar surface area (TPSA) is 63.6 Å². The summed E-state index contributed by atoms with van der Waals surface area (Å²) in [7, 11) is 0. The molecular formula is C41H74O4. The predicted molar refractivity (Wildman–Crippen MR) is 195 cm³/mol. The van der Waals surface area contributed by atoms with E-state index in [1.165, 1.54) is 128 Å². The molecule has 0 aromatic rings. The number of aliphatic carboxylic acids is 1. The summed E-state index contributed by atoms with van der Waals surface area (Å²) in [4.78, 5) is 22.8. The third-order valence-electron chi connectivity index (χ3n) is 8.66. The summed E-state index contributed by atoms with van der Waals surface area (Å²) in [6.45, 7) is 4.38. The molecule has 0 saturated heterocycles. The number of allylic oxidation sites excluding steroid dienone is 6. The van der Waals surface area contributed by atoms with Gasteiger partial charge in [0.05, 0.1) is 0 Å². The van der Waals surface area contributed by atoms with Crippen LogP contribution in [0.15, 0.2) is 36.5 Å². The van der Waals surface area contributed by atoms with E-state index in [0.29, 0.717) is 12.8 Å². The number of hydrogen-bond acceptors (Lipinski definition) is 3. The predicted octanol–water partition coefficient (Wildman–Crippen LogP) is 13.4. The van der Waals surface area contributed by atoms with Crippen molar-refractivity contribution in [3.63, 3.8) is 0 Å². The molecule has 0 spiro atoms. The lowest BCUT2D eigenvalue weighted by Crippen LogP contribution is -2.17. The third kappa shape index (κ3) is 36.5. The summed E-state index contributed by atoms with van der Waals surface area (Å²) in [5, 5.41) is 8.66. The molecule has 0 heterocycles. The highest BCUT2D eigenvalue weighted by atomic mass is 16.5. The van der Waals surface area contributed by atoms with Crippen LogP contribution in [0.25, 0.3) is 0 Å². The summed E-state index contributed by atoms with van der Waals surface area (Å²) in [5.74, 6) is -0.677. The van der Waals surface area contributed by atoms with Gasteiger partial charge in [-0.15, -0.1) is 0 Å². The Bertz CT molecular complexity index is 723. The van der Waals surface area contributed by atoms with Crippen LogP contribution < -0.4 is 0 Å². The average molecular weight is 631 g/mol. The van der Waals surface area contributed by atoms with Gasteiger partial charge in [0.1, 0.15) is 6.10 Å². The number of rotatable bonds is 35. The summed E-state index contributed by atoms with van der Waals surface area (Å²) < 4.78 is 5.77. The molecule has 0 aliphatic carbocycles. The SMILES string of the molecule is CCCCC/C=C\C/C=C\CCCC/C=C\CCCCCCCC(=O)OC(CC)CCCCCCCCCCCCCC(=O)O. The fourth-order valence-electron chi connectivity index (χ4n) is 5.67. The Morgan fingerprint density at radius 1 is 0.511 bits per heavy atom. The molecular weight excluding hydrogens is 556 g/mol. The molecule has 0 rings (SSSR count). The van der Waals surface area contributed by atoms with E-state index < -0.39 is 5.97 Å². The Kier molecular flexibility index (Phi) is 35.1. The first-order valence-electron chi connectivity index (χ1n) is 19.5. The molecule has 1 unspecified atom stereocenters. The number of carbonyl (C=O) groups excluding carboxylic acids is 1. The van der Waals surface area contributed by atoms with Crippen molar-refractivity contribution in [3.05, 3.63) is 36.5 Å². The molecule has 45 heavy (non-hydrogen) atoms. The molecule has 0 bridgehead atoms. The van der Waals surface area contributed by atoms with Gasteiger partial charge < -0.3 is 9.84 Å². The van der Waals surface area contributed by atoms with Crippen LogP contribution >= 0.6 is 0 Å². The normalized spacial score (nSPS) is 12.6. The van der Waals surface area contributed by atoms with E-state index in [2.05, 4.69) is 50.3 Å². The molecule has 4 nitrogen and oxygen atoms in total. The van der Waals surface area contributed by atoms with Crippen molar-refractivity contribution in [2.45, 2.75) is 213 Å². The highest BCUT2D eigenvalue weighted by Gasteiger charge is 2.12. The molecule has 0 saturated carbocycles. The maximum Gasteiger partial charge on any atom is 0.306 e. The van der Waals surface area contributed by atoms with Crippen molar-refractivity contribution in [1.29, 1.82) is 0 Å². The highest BCUT2D eigenvalue weighted by molar-refractivity contribution is 5.69. The minimum Gasteiger partial charge on any atom is -0.481 e. The minimum absolute atomic E-state index is 0.00197. The zero-order chi connectivity index (χ0) is 32.9. The quantitative estimate of drug-likeness (QED) is 0.0430. The Labute approximate surface area is 279 Å². The average Bonchev–Trinajstić information content (AvgIpc) is 3.03. The lowest BCUT2D eigenvalue weighted by molar-refractivity contribution is -0.149. The van der Waals surface area contributed by atoms with Crippen LogP contribution in [0.1, 0.15) is 206 Å². The largest absolute Gasteiger partial charge is 0.481 e. The molecule has 262 valence electrons. The van der Waals surface area contributed by atoms with Gasteiger partial charge in [-0.2, -0.15) is 0 Å². The molecule has 0 amide bonds. The maximum absolute atomic E-state index is 12.3. The zero-order valence-corrected chi connectivity index (χ0v) is 29.9. The Morgan fingerprint density at radius 2 is 0.911 bits per heavy atom. The van der Waals surface area contributed by atoms with Crippen LogP contribution in [0.3, 0.4) is 0 Å². The fraction of sp³-hybridized carbons (Fsp3) is 0.805. The van der Waals surface area contributed by atoms with Crippen LogP contribution in [0.5, 0.6) is 0 Å². The van der Waals surface area contributed by atoms with E-state index in [0.717, 1.165) is 51.4 Å². The molecule has 0 fully saturated rings. The van der Waals surface area contributed by atoms with Crippen LogP contribution in [-0.4, -0.2) is 23.1 Å². The second-order valence-corrected chi connectivity index (χ2v) is 13.1. The van der Waals surface area contributed by atoms with Crippen molar-refractivity contribution < 1.29 is 19.4 Å². The van der Waals surface area contributed by atoms with Gasteiger partial charge in [0.15, 0.2) is 0 Å². The van der Waals surface area contributed by atoms with Crippen molar-refractivity contribution in [1.82, 2.24) is 0 Å². The van der Waals surface area contributed by atoms with Gasteiger partial charge in [-0.1, -0.05) is 140 Å². The van der Waals surface area contributed by atoms with Crippen molar-refractivity contribution in [3.8, 4) is 0 Å². The number of carboxylic acids is 1. The van der Waals surface area contributed by atoms with E-state index in [1.54, 1.807) is 0 Å². The van der Waals surface area contributed by atoms with E-state index >= 15 is 0 Å². The van der Waals surface area contributed by atoms with Crippen molar-refractivity contribution in [2.24, 2.45) is 0 Å². The standard InChI is InChI=1S/C41H74O4/c1-3-5-6-7-8-9-10-11-12-13-14-15-16-17-18-19-23-26-29-32-35-38-41(44)45-39(4-2)36-33-30-27-24-21-20-22-25-28-31-34-37-40(42)43/h8-9,11-12,17-18,39H,3-7,10,13-16,19-38H2,1-2H3,(H,42,43)/b9-8-,12-11-,18-17-. The van der Waals surface area contributed by atoms with Gasteiger partial charge in [-0.25, -0.2) is 0 Å². The molecule has 4 heteroatoms. The maximum atomic E-state index is 12.3. The van der Waals surface area contributed by atoms with Gasteiger partial charge in [-0.3, -0.25) is 9.59 Å². The smallest absolute Gasteiger partial charge is 0.306 e. The summed E-state index contributed by atoms with van der Waals surface area (Å²) >= 11 is 0. The molecule has 0 aliphatic rings. The lowest BCUT2D eigenvalue weighted by Gasteiger charge is -2.16. The van der Waals surface area contributed by atoms with E-state index in [9.17, 15) is 9.59 Å². The van der Waals surface area contributed by atoms with Crippen molar-refractivity contribution >= 4 is 11.9 Å². The van der Waals surface area contributed by atoms with Gasteiger partial charge in [0.2, 0.25) is 0 Å². The summed E-state index contributed by atoms with van der Waals surface area (Å²) in [6, 6.07) is 0. The number of esters is 1. The van der Waals surface area contributed by atoms with Gasteiger partial charge in [0.25, 0.3) is 0 Å². The molecule has 1 atom stereocenters. The fourth-order valence-corrected chi connectivity index (χ4v) is 5.67. The van der Waals surface area contributed by atoms with Gasteiger partial charge in [-0.05, 0) is 89.9 Å². The van der Waals surface area contributed by atoms with Crippen LogP contribution in [-0.2, 0) is 14.3 Å². The molecule has 1 N–H and O–H groups in total. The van der Waals surface area contributed by atoms with Gasteiger partial charge >= 0.3 is 11.9 Å². The summed E-state index contributed by atoms with van der Waals surface area (Å²) in [6.07, 6.45) is 48.2. The first-order chi connectivity index (χ1) is 22.1. The number of unbranched alkanes of at least 4 members (excludes halogenated alkanes) is 21. The first kappa shape index (κ1) is 43.2. The minimum atomic E-state index is -0.675. The van der Waals surface area contributed by atoms with Crippen molar-refractivity contribution in [2.75, 3.05) is 0 Å². The van der Waals surface area contributed by atoms with Gasteiger partial charge in [0, 0.05) is 12.8 Å². The van der Waals surface area contributed by atoms with Crippen LogP contribution in [0.2, 0.25) is 0 Å². The third-order valence-corrected chi connectivity index (χ3v) is 8.66. The first-order valence-corrected chi connectivity index (χ1v) is 19.5. The van der Waals surface area contributed by atoms with E-state index in [1.807, 2.05) is 0 Å². The second kappa shape index (κ2) is 36.6. The monoisotopic (exact) mass is 631 g/mol. The molecule has 0 aliphatic heterocycles. The van der Waals surface area contributed by atoms with E-state index in [-0.39, 0.29) is 12.1 Å². The number of carboxylic acid groups (broad SMARTS) is 1. The Hall–Kier alpha value is -1.84. The number of ether oxygens (including phenoxy) is 1. The second-order valence-electron chi connectivity index (χ2n) is 13.1. The Balaban J connectivity index is 3.48. The molecule has 0 radical (unpaired) electrons.